The number of hydrogen-bond donors (Lipinski definition) is 0. The first-order chi connectivity index (χ1) is 13.1. The molecular weight excluding hydrogens is 490 g/mol. The zero-order chi connectivity index (χ0) is 19.0. The molecule has 0 bridgehead atoms. The van der Waals surface area contributed by atoms with Crippen LogP contribution in [0.4, 0.5) is 0 Å². The number of hydrogen-bond acceptors (Lipinski definition) is 0. The van der Waals surface area contributed by atoms with Gasteiger partial charge in [-0.05, 0) is 34.7 Å². The van der Waals surface area contributed by atoms with Crippen molar-refractivity contribution in [1.82, 2.24) is 0 Å². The summed E-state index contributed by atoms with van der Waals surface area (Å²) in [5.74, 6) is 0.749. The maximum absolute atomic E-state index is 3.62. The monoisotopic (exact) mass is 511 g/mol. The van der Waals surface area contributed by atoms with E-state index in [1.165, 1.54) is 38.6 Å². The van der Waals surface area contributed by atoms with Gasteiger partial charge in [-0.25, -0.2) is 6.08 Å². The number of halogens is 2. The number of allylic oxidation sites excluding steroid dienone is 2. The first-order valence-corrected chi connectivity index (χ1v) is 15.6. The molecule has 0 saturated heterocycles. The largest absolute Gasteiger partial charge is 1.00 e. The molecular formula is C25H23Cl2SiZr-. The molecule has 3 aromatic carbocycles. The van der Waals surface area contributed by atoms with Gasteiger partial charge in [0.2, 0.25) is 0 Å². The number of rotatable bonds is 1. The van der Waals surface area contributed by atoms with Crippen LogP contribution in [0, 0.1) is 6.08 Å². The van der Waals surface area contributed by atoms with Crippen molar-refractivity contribution in [2.24, 2.45) is 0 Å². The van der Waals surface area contributed by atoms with Gasteiger partial charge in [-0.2, -0.15) is 5.56 Å². The molecule has 0 spiro atoms. The first kappa shape index (κ1) is 24.4. The van der Waals surface area contributed by atoms with Crippen molar-refractivity contribution in [2.75, 3.05) is 0 Å². The van der Waals surface area contributed by atoms with E-state index in [1.54, 1.807) is 23.3 Å². The van der Waals surface area contributed by atoms with Gasteiger partial charge in [-0.1, -0.05) is 72.2 Å². The molecule has 0 N–H and O–H groups in total. The molecule has 2 aliphatic rings. The molecule has 146 valence electrons. The SMILES string of the molecule is CC1=Cc2c(ccc3ccccc23)C1C1[C-]=Cc2ccccc21.C[Si](C)=[Zr+2].[Cl-].[Cl-]. The Hall–Kier alpha value is -0.920. The number of benzene rings is 3. The molecule has 0 heterocycles. The van der Waals surface area contributed by atoms with Crippen LogP contribution >= 0.6 is 0 Å². The smallest absolute Gasteiger partial charge is 1.00 e. The average molecular weight is 514 g/mol. The second kappa shape index (κ2) is 10.4. The minimum atomic E-state index is 0. The van der Waals surface area contributed by atoms with Crippen LogP contribution in [0.15, 0.2) is 66.2 Å². The summed E-state index contributed by atoms with van der Waals surface area (Å²) in [6.07, 6.45) is 8.16. The molecule has 2 aliphatic carbocycles. The van der Waals surface area contributed by atoms with Crippen LogP contribution in [-0.4, -0.2) is 5.43 Å². The molecule has 0 fully saturated rings. The van der Waals surface area contributed by atoms with E-state index < -0.39 is 0 Å². The molecule has 29 heavy (non-hydrogen) atoms. The van der Waals surface area contributed by atoms with Gasteiger partial charge >= 0.3 is 41.9 Å². The summed E-state index contributed by atoms with van der Waals surface area (Å²) < 4.78 is 0. The van der Waals surface area contributed by atoms with Crippen molar-refractivity contribution in [3.8, 4) is 0 Å². The molecule has 4 heteroatoms. The quantitative estimate of drug-likeness (QED) is 0.333. The van der Waals surface area contributed by atoms with Crippen molar-refractivity contribution in [2.45, 2.75) is 31.9 Å². The normalized spacial score (nSPS) is 17.9. The fourth-order valence-corrected chi connectivity index (χ4v) is 4.22. The molecule has 0 radical (unpaired) electrons. The zero-order valence-corrected chi connectivity index (χ0v) is 21.8. The summed E-state index contributed by atoms with van der Waals surface area (Å²) in [5, 5.41) is 2.68. The number of fused-ring (bicyclic) bond motifs is 4. The minimum Gasteiger partial charge on any atom is -1.00 e. The average Bonchev–Trinajstić information content (AvgIpc) is 3.21. The summed E-state index contributed by atoms with van der Waals surface area (Å²) >= 11 is 1.74. The van der Waals surface area contributed by atoms with E-state index in [0.29, 0.717) is 11.8 Å². The fraction of sp³-hybridized carbons (Fsp3) is 0.200. The molecule has 5 rings (SSSR count). The molecule has 2 atom stereocenters. The Kier molecular flexibility index (Phi) is 8.73. The summed E-state index contributed by atoms with van der Waals surface area (Å²) in [7, 11) is 0. The third-order valence-corrected chi connectivity index (χ3v) is 5.28. The Morgan fingerprint density at radius 3 is 2.28 bits per heavy atom. The Bertz CT molecular complexity index is 1100. The second-order valence-corrected chi connectivity index (χ2v) is 16.9. The Morgan fingerprint density at radius 2 is 1.52 bits per heavy atom. The van der Waals surface area contributed by atoms with Gasteiger partial charge < -0.3 is 24.8 Å². The van der Waals surface area contributed by atoms with Crippen molar-refractivity contribution >= 4 is 28.4 Å². The summed E-state index contributed by atoms with van der Waals surface area (Å²) in [4.78, 5) is 0. The van der Waals surface area contributed by atoms with E-state index in [4.69, 9.17) is 0 Å². The molecule has 0 amide bonds. The molecule has 0 nitrogen and oxygen atoms in total. The standard InChI is InChI=1S/C23H17.C2H6Si.2ClH.Zr/c1-15-14-22-19-9-5-3-7-17(19)11-13-21(22)23(15)20-12-10-16-6-2-4-8-18(16)20;1-3-2;;;/h2-11,13-14,20,23H,1H3;1-2H3;2*1H;/q-1;;;;+2/p-2. The van der Waals surface area contributed by atoms with Gasteiger partial charge in [-0.15, -0.1) is 11.6 Å². The third-order valence-electron chi connectivity index (χ3n) is 5.28. The van der Waals surface area contributed by atoms with E-state index in [0.717, 1.165) is 0 Å². The van der Waals surface area contributed by atoms with Crippen LogP contribution in [0.3, 0.4) is 0 Å². The van der Waals surface area contributed by atoms with Gasteiger partial charge in [0.25, 0.3) is 0 Å². The summed E-state index contributed by atoms with van der Waals surface area (Å²) in [6, 6.07) is 22.0. The fourth-order valence-electron chi connectivity index (χ4n) is 4.22. The molecule has 2 unspecified atom stereocenters. The Labute approximate surface area is 201 Å². The van der Waals surface area contributed by atoms with E-state index in [1.807, 2.05) is 0 Å². The van der Waals surface area contributed by atoms with Gasteiger partial charge in [0.15, 0.2) is 0 Å². The van der Waals surface area contributed by atoms with E-state index in [-0.39, 0.29) is 30.2 Å². The van der Waals surface area contributed by atoms with Crippen LogP contribution in [0.25, 0.3) is 22.9 Å². The van der Waals surface area contributed by atoms with Crippen LogP contribution in [0.2, 0.25) is 13.1 Å². The van der Waals surface area contributed by atoms with E-state index in [2.05, 4.69) is 98.9 Å². The van der Waals surface area contributed by atoms with Crippen LogP contribution < -0.4 is 24.8 Å². The van der Waals surface area contributed by atoms with Crippen LogP contribution in [0.5, 0.6) is 0 Å². The Morgan fingerprint density at radius 1 is 0.862 bits per heavy atom. The summed E-state index contributed by atoms with van der Waals surface area (Å²) in [6.45, 7) is 6.88. The van der Waals surface area contributed by atoms with Crippen LogP contribution in [0.1, 0.15) is 41.0 Å². The van der Waals surface area contributed by atoms with Gasteiger partial charge in [0.05, 0.1) is 0 Å². The predicted molar refractivity (Wildman–Crippen MR) is 115 cm³/mol. The Balaban J connectivity index is 0.000000462. The molecule has 0 aliphatic heterocycles. The van der Waals surface area contributed by atoms with E-state index in [9.17, 15) is 0 Å². The van der Waals surface area contributed by atoms with Gasteiger partial charge in [0, 0.05) is 0 Å². The molecule has 3 aromatic rings. The maximum Gasteiger partial charge on any atom is -1.00 e. The minimum absolute atomic E-state index is 0. The first-order valence-electron chi connectivity index (χ1n) is 9.46. The van der Waals surface area contributed by atoms with Crippen molar-refractivity contribution in [3.63, 3.8) is 0 Å². The van der Waals surface area contributed by atoms with Gasteiger partial charge in [-0.3, -0.25) is 6.08 Å². The van der Waals surface area contributed by atoms with Crippen LogP contribution in [-0.2, 0) is 23.3 Å². The zero-order valence-electron chi connectivity index (χ0n) is 16.8. The van der Waals surface area contributed by atoms with Crippen molar-refractivity contribution in [1.29, 1.82) is 0 Å². The third kappa shape index (κ3) is 4.88. The maximum atomic E-state index is 3.62. The second-order valence-electron chi connectivity index (χ2n) is 7.57. The summed E-state index contributed by atoms with van der Waals surface area (Å²) in [5.41, 5.74) is 7.23. The molecule has 0 aromatic heterocycles. The van der Waals surface area contributed by atoms with Gasteiger partial charge in [0.1, 0.15) is 0 Å². The van der Waals surface area contributed by atoms with E-state index >= 15 is 0 Å². The molecule has 0 saturated carbocycles. The van der Waals surface area contributed by atoms with Crippen molar-refractivity contribution in [3.05, 3.63) is 94.6 Å². The van der Waals surface area contributed by atoms with Crippen molar-refractivity contribution < 1.29 is 48.1 Å². The topological polar surface area (TPSA) is 0 Å². The predicted octanol–water partition coefficient (Wildman–Crippen LogP) is 0.746.